The van der Waals surface area contributed by atoms with Gasteiger partial charge in [-0.25, -0.2) is 9.78 Å². The molecule has 38 heavy (non-hydrogen) atoms. The summed E-state index contributed by atoms with van der Waals surface area (Å²) in [6.45, 7) is -1.47. The minimum absolute atomic E-state index is 0.0362. The van der Waals surface area contributed by atoms with Crippen LogP contribution in [0.4, 0.5) is 18.3 Å². The van der Waals surface area contributed by atoms with Gasteiger partial charge >= 0.3 is 12.1 Å². The van der Waals surface area contributed by atoms with Crippen LogP contribution in [0.3, 0.4) is 0 Å². The van der Waals surface area contributed by atoms with Crippen LogP contribution in [0.1, 0.15) is 18.5 Å². The highest BCUT2D eigenvalue weighted by atomic mass is 32.2. The molecule has 2 saturated heterocycles. The Morgan fingerprint density at radius 3 is 2.74 bits per heavy atom. The van der Waals surface area contributed by atoms with Gasteiger partial charge in [-0.1, -0.05) is 5.16 Å². The molecule has 4 rings (SSSR count). The molecule has 204 valence electrons. The monoisotopic (exact) mass is 574 g/mol. The van der Waals surface area contributed by atoms with Crippen molar-refractivity contribution in [1.29, 1.82) is 0 Å². The highest BCUT2D eigenvalue weighted by Gasteiger charge is 2.54. The molecule has 4 N–H and O–H groups in total. The molecule has 1 aromatic rings. The smallest absolute Gasteiger partial charge is 0.406 e. The summed E-state index contributed by atoms with van der Waals surface area (Å²) in [5.74, 6) is -3.74. The number of hydrogen-bond acceptors (Lipinski definition) is 10. The molecular formula is C21H21F3N6O6S2. The maximum Gasteiger partial charge on any atom is 0.406 e. The molecule has 2 atom stereocenters. The Hall–Kier alpha value is -3.60. The van der Waals surface area contributed by atoms with E-state index in [0.717, 1.165) is 28.0 Å². The zero-order valence-corrected chi connectivity index (χ0v) is 21.3. The van der Waals surface area contributed by atoms with Crippen LogP contribution < -0.4 is 11.1 Å². The molecule has 3 aliphatic rings. The van der Waals surface area contributed by atoms with Crippen molar-refractivity contribution in [2.24, 2.45) is 5.16 Å². The van der Waals surface area contributed by atoms with Crippen LogP contribution in [0.15, 0.2) is 33.5 Å². The zero-order valence-electron chi connectivity index (χ0n) is 19.6. The number of thiazole rings is 1. The lowest BCUT2D eigenvalue weighted by atomic mass is 9.98. The third-order valence-corrected chi connectivity index (χ3v) is 7.78. The first kappa shape index (κ1) is 27.4. The van der Waals surface area contributed by atoms with Crippen LogP contribution >= 0.6 is 23.1 Å². The number of rotatable bonds is 7. The van der Waals surface area contributed by atoms with Gasteiger partial charge in [-0.15, -0.1) is 23.1 Å². The first-order valence-corrected chi connectivity index (χ1v) is 12.9. The van der Waals surface area contributed by atoms with Crippen molar-refractivity contribution in [3.05, 3.63) is 34.0 Å². The number of nitrogens with one attached hydrogen (secondary N) is 1. The number of fused-ring (bicyclic) bond motifs is 1. The highest BCUT2D eigenvalue weighted by molar-refractivity contribution is 8.00. The van der Waals surface area contributed by atoms with Gasteiger partial charge in [0.2, 0.25) is 5.91 Å². The number of hydrogen-bond donors (Lipinski definition) is 3. The van der Waals surface area contributed by atoms with Crippen molar-refractivity contribution < 1.29 is 42.3 Å². The molecule has 3 aliphatic heterocycles. The number of nitrogen functional groups attached to an aromatic ring is 1. The predicted octanol–water partition coefficient (Wildman–Crippen LogP) is 0.925. The second-order valence-electron chi connectivity index (χ2n) is 8.35. The summed E-state index contributed by atoms with van der Waals surface area (Å²) in [7, 11) is 1.22. The van der Waals surface area contributed by atoms with E-state index in [2.05, 4.69) is 15.5 Å². The van der Waals surface area contributed by atoms with Crippen molar-refractivity contribution in [2.45, 2.75) is 30.4 Å². The molecule has 0 radical (unpaired) electrons. The van der Waals surface area contributed by atoms with Crippen LogP contribution in [0.2, 0.25) is 0 Å². The molecule has 0 saturated carbocycles. The lowest BCUT2D eigenvalue weighted by Gasteiger charge is -2.49. The summed E-state index contributed by atoms with van der Waals surface area (Å²) >= 11 is 2.20. The fraction of sp³-hybridized carbons (Fsp3) is 0.429. The summed E-state index contributed by atoms with van der Waals surface area (Å²) < 4.78 is 38.5. The number of aliphatic carboxylic acids is 1. The number of carbonyl (C=O) groups excluding carboxylic acids is 3. The van der Waals surface area contributed by atoms with Crippen molar-refractivity contribution in [1.82, 2.24) is 20.1 Å². The number of nitrogens with two attached hydrogens (primary N) is 1. The number of piperidine rings is 1. The number of alkyl halides is 3. The van der Waals surface area contributed by atoms with Crippen LogP contribution in [0.5, 0.6) is 0 Å². The summed E-state index contributed by atoms with van der Waals surface area (Å²) in [5.41, 5.74) is 5.26. The lowest BCUT2D eigenvalue weighted by Crippen LogP contribution is -2.71. The third-order valence-electron chi connectivity index (χ3n) is 5.80. The number of amides is 3. The quantitative estimate of drug-likeness (QED) is 0.186. The second-order valence-corrected chi connectivity index (χ2v) is 10.3. The van der Waals surface area contributed by atoms with Gasteiger partial charge in [0.25, 0.3) is 11.8 Å². The van der Waals surface area contributed by atoms with Crippen molar-refractivity contribution >= 4 is 57.6 Å². The van der Waals surface area contributed by atoms with Gasteiger partial charge in [-0.2, -0.15) is 13.2 Å². The highest BCUT2D eigenvalue weighted by Crippen LogP contribution is 2.41. The number of oxime groups is 1. The largest absolute Gasteiger partial charge is 0.477 e. The first-order chi connectivity index (χ1) is 17.9. The van der Waals surface area contributed by atoms with Gasteiger partial charge in [0.15, 0.2) is 10.8 Å². The van der Waals surface area contributed by atoms with E-state index < -0.39 is 53.5 Å². The maximum atomic E-state index is 13.0. The lowest BCUT2D eigenvalue weighted by molar-refractivity contribution is -0.160. The Kier molecular flexibility index (Phi) is 7.68. The Labute approximate surface area is 221 Å². The molecule has 3 amide bonds. The second kappa shape index (κ2) is 10.6. The number of nitrogens with zero attached hydrogens (tertiary/aromatic N) is 4. The van der Waals surface area contributed by atoms with E-state index >= 15 is 0 Å². The van der Waals surface area contributed by atoms with Gasteiger partial charge in [0, 0.05) is 23.3 Å². The molecular weight excluding hydrogens is 553 g/mol. The van der Waals surface area contributed by atoms with Crippen LogP contribution in [0, 0.1) is 0 Å². The summed E-state index contributed by atoms with van der Waals surface area (Å²) in [6, 6.07) is -1.09. The van der Waals surface area contributed by atoms with E-state index in [-0.39, 0.29) is 52.8 Å². The molecule has 0 aliphatic carbocycles. The first-order valence-electron chi connectivity index (χ1n) is 11.0. The normalized spacial score (nSPS) is 23.4. The topological polar surface area (TPSA) is 168 Å². The third kappa shape index (κ3) is 5.47. The summed E-state index contributed by atoms with van der Waals surface area (Å²) in [4.78, 5) is 60.8. The van der Waals surface area contributed by atoms with Gasteiger partial charge in [-0.3, -0.25) is 19.3 Å². The molecule has 0 bridgehead atoms. The van der Waals surface area contributed by atoms with E-state index in [1.165, 1.54) is 18.6 Å². The van der Waals surface area contributed by atoms with E-state index in [1.807, 2.05) is 0 Å². The van der Waals surface area contributed by atoms with Gasteiger partial charge in [0.05, 0.1) is 0 Å². The standard InChI is InChI=1S/C21H21F3N6O6S2/c1-36-28-12(11-7-38-20(25)26-11)15(31)27-13-17(33)30-14(19(34)35)10(6-37-18(13)30)5-9-3-2-4-29(16(9)32)8-21(22,23)24/h5,7,13,18H,2-4,6,8H2,1H3,(H2,25,26)(H,27,31)(H,34,35)/b9-5+,28-12-/t13-,18-/m1/s1. The number of β-lactam (4-membered cyclic amide) rings is 1. The van der Waals surface area contributed by atoms with Crippen LogP contribution in [-0.4, -0.2) is 92.8 Å². The predicted molar refractivity (Wildman–Crippen MR) is 130 cm³/mol. The SMILES string of the molecule is CO/N=C(\C(=O)N[C@@H]1C(=O)N2C(C(=O)O)=C(/C=C3\CCCN(CC(F)(F)F)C3=O)CS[C@H]12)c1csc(N)n1. The van der Waals surface area contributed by atoms with E-state index in [4.69, 9.17) is 10.6 Å². The fourth-order valence-corrected chi connectivity index (χ4v) is 6.09. The zero-order chi connectivity index (χ0) is 27.8. The Balaban J connectivity index is 1.54. The number of aromatic nitrogens is 1. The molecule has 0 unspecified atom stereocenters. The van der Waals surface area contributed by atoms with E-state index in [1.54, 1.807) is 0 Å². The number of anilines is 1. The molecule has 1 aromatic heterocycles. The van der Waals surface area contributed by atoms with E-state index in [9.17, 15) is 37.5 Å². The van der Waals surface area contributed by atoms with Gasteiger partial charge in [-0.05, 0) is 24.5 Å². The Morgan fingerprint density at radius 1 is 1.39 bits per heavy atom. The van der Waals surface area contributed by atoms with Crippen molar-refractivity contribution in [3.8, 4) is 0 Å². The molecule has 12 nitrogen and oxygen atoms in total. The Morgan fingerprint density at radius 2 is 2.13 bits per heavy atom. The summed E-state index contributed by atoms with van der Waals surface area (Å²) in [6.07, 6.45) is -2.85. The molecule has 0 spiro atoms. The maximum absolute atomic E-state index is 13.0. The van der Waals surface area contributed by atoms with Crippen LogP contribution in [-0.2, 0) is 24.0 Å². The fourth-order valence-electron chi connectivity index (χ4n) is 4.24. The minimum atomic E-state index is -4.57. The summed E-state index contributed by atoms with van der Waals surface area (Å²) in [5, 5.41) is 16.9. The average molecular weight is 575 g/mol. The number of halogens is 3. The number of likely N-dealkylation sites (tertiary alicyclic amines) is 1. The van der Waals surface area contributed by atoms with E-state index in [0.29, 0.717) is 4.90 Å². The van der Waals surface area contributed by atoms with Crippen molar-refractivity contribution in [2.75, 3.05) is 31.7 Å². The Bertz CT molecular complexity index is 1280. The number of carboxylic acids is 1. The van der Waals surface area contributed by atoms with Crippen LogP contribution in [0.25, 0.3) is 0 Å². The number of thioether (sulfide) groups is 1. The van der Waals surface area contributed by atoms with Crippen molar-refractivity contribution in [3.63, 3.8) is 0 Å². The molecule has 17 heteroatoms. The molecule has 2 fully saturated rings. The van der Waals surface area contributed by atoms with Gasteiger partial charge in [0.1, 0.15) is 36.5 Å². The number of carbonyl (C=O) groups is 4. The average Bonchev–Trinajstić information content (AvgIpc) is 3.27. The van der Waals surface area contributed by atoms with Gasteiger partial charge < -0.3 is 25.9 Å². The molecule has 0 aromatic carbocycles. The molecule has 4 heterocycles. The minimum Gasteiger partial charge on any atom is -0.477 e. The number of carboxylic acid groups (broad SMARTS) is 1. The number of allylic oxidation sites excluding steroid dienone is 1.